The summed E-state index contributed by atoms with van der Waals surface area (Å²) in [5.74, 6) is -0.683. The zero-order chi connectivity index (χ0) is 24.2. The number of carbonyl (C=O) groups excluding carboxylic acids is 2. The van der Waals surface area contributed by atoms with Crippen molar-refractivity contribution in [2.24, 2.45) is 0 Å². The molecule has 3 aromatic rings. The maximum absolute atomic E-state index is 12.9. The van der Waals surface area contributed by atoms with E-state index in [0.717, 1.165) is 0 Å². The van der Waals surface area contributed by atoms with Crippen LogP contribution < -0.4 is 14.8 Å². The summed E-state index contributed by atoms with van der Waals surface area (Å²) in [6, 6.07) is 15.8. The highest BCUT2D eigenvalue weighted by Gasteiger charge is 2.24. The maximum Gasteiger partial charge on any atom is 0.242 e. The Bertz CT molecular complexity index is 1300. The van der Waals surface area contributed by atoms with Crippen LogP contribution in [0.5, 0.6) is 5.75 Å². The molecule has 0 saturated carbocycles. The molecule has 172 valence electrons. The Morgan fingerprint density at radius 1 is 0.970 bits per heavy atom. The van der Waals surface area contributed by atoms with Crippen LogP contribution in [0.1, 0.15) is 22.8 Å². The molecule has 7 nitrogen and oxygen atoms in total. The molecule has 0 saturated heterocycles. The zero-order valence-electron chi connectivity index (χ0n) is 17.6. The van der Waals surface area contributed by atoms with E-state index in [1.807, 2.05) is 0 Å². The lowest BCUT2D eigenvalue weighted by atomic mass is 10.0. The second-order valence-electron chi connectivity index (χ2n) is 7.01. The van der Waals surface area contributed by atoms with Gasteiger partial charge in [0.05, 0.1) is 28.8 Å². The summed E-state index contributed by atoms with van der Waals surface area (Å²) in [5, 5.41) is 3.03. The molecule has 33 heavy (non-hydrogen) atoms. The van der Waals surface area contributed by atoms with Crippen molar-refractivity contribution >= 4 is 50.6 Å². The van der Waals surface area contributed by atoms with Crippen LogP contribution in [0.4, 0.5) is 5.69 Å². The highest BCUT2D eigenvalue weighted by atomic mass is 35.5. The molecule has 0 unspecified atom stereocenters. The van der Waals surface area contributed by atoms with E-state index in [4.69, 9.17) is 27.9 Å². The average Bonchev–Trinajstić information content (AvgIpc) is 2.79. The number of nitrogens with one attached hydrogen (secondary N) is 2. The van der Waals surface area contributed by atoms with Gasteiger partial charge in [-0.25, -0.2) is 8.42 Å². The van der Waals surface area contributed by atoms with E-state index in [1.54, 1.807) is 30.3 Å². The van der Waals surface area contributed by atoms with Crippen molar-refractivity contribution in [3.63, 3.8) is 0 Å². The van der Waals surface area contributed by atoms with E-state index >= 15 is 0 Å². The number of amides is 1. The van der Waals surface area contributed by atoms with Gasteiger partial charge < -0.3 is 10.1 Å². The molecule has 1 amide bonds. The first-order valence-electron chi connectivity index (χ1n) is 9.68. The lowest BCUT2D eigenvalue weighted by molar-refractivity contribution is -0.117. The number of methoxy groups -OCH3 is 1. The fourth-order valence-corrected chi connectivity index (χ4v) is 4.69. The Morgan fingerprint density at radius 3 is 2.30 bits per heavy atom. The number of ketones is 1. The summed E-state index contributed by atoms with van der Waals surface area (Å²) in [6.45, 7) is 1.38. The standard InChI is InChI=1S/C23H20Cl2N2O5S/c1-14(27-33(30,31)17-9-11-21(32-2)19(25)13-17)23(29)26-20-10-8-16(24)12-18(20)22(28)15-6-4-3-5-7-15/h3-14,27H,1-2H3,(H,26,29)/t14-/m1/s1. The van der Waals surface area contributed by atoms with Crippen LogP contribution >= 0.6 is 23.2 Å². The minimum absolute atomic E-state index is 0.114. The highest BCUT2D eigenvalue weighted by molar-refractivity contribution is 7.89. The van der Waals surface area contributed by atoms with Gasteiger partial charge in [0.15, 0.2) is 5.78 Å². The van der Waals surface area contributed by atoms with E-state index in [2.05, 4.69) is 10.0 Å². The Kier molecular flexibility index (Phi) is 7.76. The largest absolute Gasteiger partial charge is 0.495 e. The predicted molar refractivity (Wildman–Crippen MR) is 128 cm³/mol. The number of benzene rings is 3. The van der Waals surface area contributed by atoms with Gasteiger partial charge in [-0.15, -0.1) is 0 Å². The van der Waals surface area contributed by atoms with Crippen molar-refractivity contribution in [3.8, 4) is 5.75 Å². The van der Waals surface area contributed by atoms with Gasteiger partial charge in [-0.3, -0.25) is 9.59 Å². The SMILES string of the molecule is COc1ccc(S(=O)(=O)N[C@H](C)C(=O)Nc2ccc(Cl)cc2C(=O)c2ccccc2)cc1Cl. The minimum atomic E-state index is -4.06. The van der Waals surface area contributed by atoms with Crippen molar-refractivity contribution in [3.05, 3.63) is 87.9 Å². The first kappa shape index (κ1) is 24.7. The Hall–Kier alpha value is -2.91. The second kappa shape index (κ2) is 10.4. The third-order valence-electron chi connectivity index (χ3n) is 4.68. The lowest BCUT2D eigenvalue weighted by Gasteiger charge is -2.17. The van der Waals surface area contributed by atoms with Crippen LogP contribution in [-0.2, 0) is 14.8 Å². The molecule has 0 bridgehead atoms. The van der Waals surface area contributed by atoms with Crippen LogP contribution in [0.25, 0.3) is 0 Å². The number of ether oxygens (including phenoxy) is 1. The quantitative estimate of drug-likeness (QED) is 0.436. The molecule has 0 aliphatic heterocycles. The molecular weight excluding hydrogens is 487 g/mol. The molecule has 0 radical (unpaired) electrons. The van der Waals surface area contributed by atoms with Gasteiger partial charge in [0.2, 0.25) is 15.9 Å². The molecule has 3 rings (SSSR count). The van der Waals surface area contributed by atoms with Gasteiger partial charge in [-0.1, -0.05) is 53.5 Å². The third kappa shape index (κ3) is 5.91. The van der Waals surface area contributed by atoms with Crippen molar-refractivity contribution in [2.45, 2.75) is 17.9 Å². The molecule has 0 heterocycles. The summed E-state index contributed by atoms with van der Waals surface area (Å²) < 4.78 is 32.7. The van der Waals surface area contributed by atoms with Gasteiger partial charge >= 0.3 is 0 Å². The lowest BCUT2D eigenvalue weighted by Crippen LogP contribution is -2.41. The number of anilines is 1. The van der Waals surface area contributed by atoms with E-state index in [0.29, 0.717) is 16.3 Å². The molecule has 0 spiro atoms. The number of hydrogen-bond donors (Lipinski definition) is 2. The molecule has 0 aliphatic rings. The number of rotatable bonds is 8. The van der Waals surface area contributed by atoms with Crippen LogP contribution in [0.2, 0.25) is 10.0 Å². The van der Waals surface area contributed by atoms with E-state index in [9.17, 15) is 18.0 Å². The molecule has 2 N–H and O–H groups in total. The topological polar surface area (TPSA) is 102 Å². The predicted octanol–water partition coefficient (Wildman–Crippen LogP) is 4.54. The van der Waals surface area contributed by atoms with Gasteiger partial charge in [0, 0.05) is 16.1 Å². The fraction of sp³-hybridized carbons (Fsp3) is 0.130. The van der Waals surface area contributed by atoms with Crippen LogP contribution in [-0.4, -0.2) is 33.3 Å². The summed E-state index contributed by atoms with van der Waals surface area (Å²) >= 11 is 12.1. The van der Waals surface area contributed by atoms with Crippen LogP contribution in [0.3, 0.4) is 0 Å². The first-order chi connectivity index (χ1) is 15.6. The summed E-state index contributed by atoms with van der Waals surface area (Å²) in [5.41, 5.74) is 0.802. The molecule has 1 atom stereocenters. The van der Waals surface area contributed by atoms with Crippen molar-refractivity contribution in [1.82, 2.24) is 4.72 Å². The number of hydrogen-bond acceptors (Lipinski definition) is 5. The first-order valence-corrected chi connectivity index (χ1v) is 11.9. The molecule has 0 aromatic heterocycles. The molecule has 0 aliphatic carbocycles. The van der Waals surface area contributed by atoms with Crippen LogP contribution in [0.15, 0.2) is 71.6 Å². The third-order valence-corrected chi connectivity index (χ3v) is 6.75. The molecule has 10 heteroatoms. The monoisotopic (exact) mass is 506 g/mol. The Labute approximate surface area is 201 Å². The summed E-state index contributed by atoms with van der Waals surface area (Å²) in [4.78, 5) is 25.6. The Balaban J connectivity index is 1.80. The van der Waals surface area contributed by atoms with Gasteiger partial charge in [-0.2, -0.15) is 4.72 Å². The summed E-state index contributed by atoms with van der Waals surface area (Å²) in [6.07, 6.45) is 0. The summed E-state index contributed by atoms with van der Waals surface area (Å²) in [7, 11) is -2.65. The average molecular weight is 507 g/mol. The number of carbonyl (C=O) groups is 2. The fourth-order valence-electron chi connectivity index (χ4n) is 2.97. The maximum atomic E-state index is 12.9. The highest BCUT2D eigenvalue weighted by Crippen LogP contribution is 2.27. The van der Waals surface area contributed by atoms with Crippen molar-refractivity contribution in [2.75, 3.05) is 12.4 Å². The molecular formula is C23H20Cl2N2O5S. The normalized spacial score (nSPS) is 12.1. The van der Waals surface area contributed by atoms with E-state index in [1.165, 1.54) is 50.4 Å². The van der Waals surface area contributed by atoms with E-state index < -0.39 is 22.0 Å². The van der Waals surface area contributed by atoms with E-state index in [-0.39, 0.29) is 27.0 Å². The molecule has 0 fully saturated rings. The smallest absolute Gasteiger partial charge is 0.242 e. The zero-order valence-corrected chi connectivity index (χ0v) is 20.0. The van der Waals surface area contributed by atoms with Crippen LogP contribution in [0, 0.1) is 0 Å². The number of sulfonamides is 1. The minimum Gasteiger partial charge on any atom is -0.495 e. The van der Waals surface area contributed by atoms with Crippen molar-refractivity contribution in [1.29, 1.82) is 0 Å². The number of halogens is 2. The van der Waals surface area contributed by atoms with Gasteiger partial charge in [-0.05, 0) is 43.3 Å². The van der Waals surface area contributed by atoms with Crippen molar-refractivity contribution < 1.29 is 22.7 Å². The van der Waals surface area contributed by atoms with Gasteiger partial charge in [0.1, 0.15) is 5.75 Å². The molecule has 3 aromatic carbocycles. The Morgan fingerprint density at radius 2 is 1.67 bits per heavy atom. The van der Waals surface area contributed by atoms with Gasteiger partial charge in [0.25, 0.3) is 0 Å². The second-order valence-corrected chi connectivity index (χ2v) is 9.57.